The normalized spacial score (nSPS) is 12.4. The summed E-state index contributed by atoms with van der Waals surface area (Å²) in [5, 5.41) is 0. The highest BCUT2D eigenvalue weighted by Gasteiger charge is 2.23. The Morgan fingerprint density at radius 3 is 1.13 bits per heavy atom. The van der Waals surface area contributed by atoms with E-state index in [1.807, 2.05) is 0 Å². The van der Waals surface area contributed by atoms with Crippen LogP contribution < -0.4 is 0 Å². The van der Waals surface area contributed by atoms with Crippen LogP contribution in [-0.2, 0) is 28.2 Å². The molecule has 0 heterocycles. The number of ether oxygens (including phenoxy) is 2. The number of carbonyl (C=O) groups excluding carboxylic acids is 2. The zero-order valence-corrected chi connectivity index (χ0v) is 36.0. The monoisotopic (exact) mass is 775 g/mol. The Bertz CT molecular complexity index is 845. The molecular weight excluding hydrogens is 687 g/mol. The molecule has 0 spiro atoms. The van der Waals surface area contributed by atoms with Crippen molar-refractivity contribution in [1.82, 2.24) is 0 Å². The van der Waals surface area contributed by atoms with E-state index in [9.17, 15) is 14.2 Å². The van der Waals surface area contributed by atoms with Crippen LogP contribution in [0.5, 0.6) is 0 Å². The molecule has 0 aromatic rings. The molecule has 0 aliphatic rings. The Labute approximate surface area is 327 Å². The summed E-state index contributed by atoms with van der Waals surface area (Å²) in [4.78, 5) is 42.9. The molecule has 2 N–H and O–H groups in total. The molecule has 0 radical (unpaired) electrons. The number of rotatable bonds is 42. The van der Waals surface area contributed by atoms with Gasteiger partial charge in [-0.25, -0.2) is 4.57 Å². The second-order valence-electron chi connectivity index (χ2n) is 16.2. The Morgan fingerprint density at radius 2 is 0.792 bits per heavy atom. The average Bonchev–Trinajstić information content (AvgIpc) is 3.11. The highest BCUT2D eigenvalue weighted by molar-refractivity contribution is 7.46. The molecule has 0 rings (SSSR count). The molecule has 0 amide bonds. The van der Waals surface area contributed by atoms with Crippen molar-refractivity contribution in [3.63, 3.8) is 0 Å². The maximum atomic E-state index is 12.4. The third-order valence-corrected chi connectivity index (χ3v) is 10.8. The van der Waals surface area contributed by atoms with Crippen molar-refractivity contribution in [2.24, 2.45) is 5.92 Å². The van der Waals surface area contributed by atoms with E-state index in [0.717, 1.165) is 38.0 Å². The molecule has 0 unspecified atom stereocenters. The summed E-state index contributed by atoms with van der Waals surface area (Å²) in [6, 6.07) is 0. The maximum Gasteiger partial charge on any atom is 0.469 e. The zero-order valence-electron chi connectivity index (χ0n) is 35.1. The van der Waals surface area contributed by atoms with Gasteiger partial charge in [0.25, 0.3) is 0 Å². The first-order chi connectivity index (χ1) is 25.6. The lowest BCUT2D eigenvalue weighted by Gasteiger charge is -2.18. The number of hydrogen-bond acceptors (Lipinski definition) is 6. The van der Waals surface area contributed by atoms with Crippen LogP contribution in [0.2, 0.25) is 0 Å². The molecule has 0 aliphatic heterocycles. The summed E-state index contributed by atoms with van der Waals surface area (Å²) in [6.07, 6.45) is 41.2. The molecule has 0 saturated carbocycles. The molecule has 0 bridgehead atoms. The lowest BCUT2D eigenvalue weighted by Crippen LogP contribution is -2.29. The Balaban J connectivity index is 3.82. The second-order valence-corrected chi connectivity index (χ2v) is 17.5. The van der Waals surface area contributed by atoms with E-state index < -0.39 is 32.5 Å². The SMILES string of the molecule is CCCCCCCCCCCCCCCCCCCCCC(=O)OC[C@H](COP(=O)(O)O)OC(=O)CCCCCCCCCCCCCCCC(C)C. The van der Waals surface area contributed by atoms with Crippen LogP contribution in [0.15, 0.2) is 0 Å². The van der Waals surface area contributed by atoms with Crippen LogP contribution in [0.3, 0.4) is 0 Å². The van der Waals surface area contributed by atoms with Gasteiger partial charge in [0.05, 0.1) is 6.61 Å². The molecule has 0 aromatic carbocycles. The Kier molecular flexibility index (Phi) is 38.6. The highest BCUT2D eigenvalue weighted by atomic mass is 31.2. The van der Waals surface area contributed by atoms with Gasteiger partial charge in [-0.05, 0) is 18.8 Å². The van der Waals surface area contributed by atoms with Crippen molar-refractivity contribution in [3.05, 3.63) is 0 Å². The van der Waals surface area contributed by atoms with Crippen LogP contribution in [-0.4, -0.2) is 41.0 Å². The van der Waals surface area contributed by atoms with Crippen LogP contribution in [0.25, 0.3) is 0 Å². The summed E-state index contributed by atoms with van der Waals surface area (Å²) in [7, 11) is -4.75. The minimum Gasteiger partial charge on any atom is -0.462 e. The summed E-state index contributed by atoms with van der Waals surface area (Å²) in [6.45, 7) is 6.07. The maximum absolute atomic E-state index is 12.4. The molecular formula is C44H87O8P. The number of hydrogen-bond donors (Lipinski definition) is 2. The van der Waals surface area contributed by atoms with E-state index in [-0.39, 0.29) is 19.4 Å². The fourth-order valence-electron chi connectivity index (χ4n) is 6.91. The van der Waals surface area contributed by atoms with E-state index in [4.69, 9.17) is 19.3 Å². The van der Waals surface area contributed by atoms with E-state index in [0.29, 0.717) is 6.42 Å². The third kappa shape index (κ3) is 43.6. The van der Waals surface area contributed by atoms with Gasteiger partial charge in [-0.2, -0.15) is 0 Å². The third-order valence-electron chi connectivity index (χ3n) is 10.3. The van der Waals surface area contributed by atoms with Crippen molar-refractivity contribution in [2.45, 2.75) is 252 Å². The molecule has 316 valence electrons. The number of unbranched alkanes of at least 4 members (excludes halogenated alkanes) is 30. The van der Waals surface area contributed by atoms with Crippen LogP contribution in [0, 0.1) is 5.92 Å². The van der Waals surface area contributed by atoms with Gasteiger partial charge in [0.15, 0.2) is 6.10 Å². The summed E-state index contributed by atoms with van der Waals surface area (Å²) >= 11 is 0. The fourth-order valence-corrected chi connectivity index (χ4v) is 7.27. The van der Waals surface area contributed by atoms with Crippen molar-refractivity contribution < 1.29 is 37.9 Å². The number of phosphoric acid groups is 1. The molecule has 9 heteroatoms. The quantitative estimate of drug-likeness (QED) is 0.0357. The number of esters is 2. The molecule has 0 aromatic heterocycles. The summed E-state index contributed by atoms with van der Waals surface area (Å²) in [5.41, 5.74) is 0. The van der Waals surface area contributed by atoms with Gasteiger partial charge in [0, 0.05) is 12.8 Å². The smallest absolute Gasteiger partial charge is 0.462 e. The van der Waals surface area contributed by atoms with Gasteiger partial charge in [0.2, 0.25) is 0 Å². The standard InChI is InChI=1S/C44H87O8P/c1-4-5-6-7-8-9-10-11-12-13-14-15-16-19-22-25-28-31-34-37-43(45)50-39-42(40-51-53(47,48)49)52-44(46)38-35-32-29-26-23-20-17-18-21-24-27-30-33-36-41(2)3/h41-42H,4-40H2,1-3H3,(H2,47,48,49)/t42-/m1/s1. The average molecular weight is 775 g/mol. The largest absolute Gasteiger partial charge is 0.469 e. The first-order valence-corrected chi connectivity index (χ1v) is 24.2. The molecule has 53 heavy (non-hydrogen) atoms. The van der Waals surface area contributed by atoms with Crippen LogP contribution in [0.1, 0.15) is 245 Å². The topological polar surface area (TPSA) is 119 Å². The molecule has 1 atom stereocenters. The minimum absolute atomic E-state index is 0.219. The van der Waals surface area contributed by atoms with Gasteiger partial charge in [-0.3, -0.25) is 14.1 Å². The Hall–Kier alpha value is -0.950. The van der Waals surface area contributed by atoms with Gasteiger partial charge in [-0.15, -0.1) is 0 Å². The van der Waals surface area contributed by atoms with Crippen molar-refractivity contribution >= 4 is 19.8 Å². The molecule has 0 fully saturated rings. The van der Waals surface area contributed by atoms with Crippen LogP contribution >= 0.6 is 7.82 Å². The lowest BCUT2D eigenvalue weighted by atomic mass is 10.0. The van der Waals surface area contributed by atoms with Gasteiger partial charge < -0.3 is 19.3 Å². The summed E-state index contributed by atoms with van der Waals surface area (Å²) < 4.78 is 26.5. The lowest BCUT2D eigenvalue weighted by molar-refractivity contribution is -0.161. The van der Waals surface area contributed by atoms with Crippen molar-refractivity contribution in [3.8, 4) is 0 Å². The fraction of sp³-hybridized carbons (Fsp3) is 0.955. The Morgan fingerprint density at radius 1 is 0.472 bits per heavy atom. The van der Waals surface area contributed by atoms with E-state index >= 15 is 0 Å². The predicted octanol–water partition coefficient (Wildman–Crippen LogP) is 13.9. The van der Waals surface area contributed by atoms with E-state index in [2.05, 4.69) is 25.3 Å². The first kappa shape index (κ1) is 52.0. The first-order valence-electron chi connectivity index (χ1n) is 22.7. The molecule has 0 saturated heterocycles. The highest BCUT2D eigenvalue weighted by Crippen LogP contribution is 2.36. The van der Waals surface area contributed by atoms with Crippen molar-refractivity contribution in [1.29, 1.82) is 0 Å². The van der Waals surface area contributed by atoms with Crippen molar-refractivity contribution in [2.75, 3.05) is 13.2 Å². The van der Waals surface area contributed by atoms with Crippen LogP contribution in [0.4, 0.5) is 0 Å². The predicted molar refractivity (Wildman–Crippen MR) is 221 cm³/mol. The molecule has 8 nitrogen and oxygen atoms in total. The zero-order chi connectivity index (χ0) is 39.1. The summed E-state index contributed by atoms with van der Waals surface area (Å²) in [5.74, 6) is -0.0419. The number of carbonyl (C=O) groups is 2. The molecule has 0 aliphatic carbocycles. The van der Waals surface area contributed by atoms with E-state index in [1.54, 1.807) is 0 Å². The van der Waals surface area contributed by atoms with Gasteiger partial charge in [0.1, 0.15) is 6.61 Å². The second kappa shape index (κ2) is 39.3. The van der Waals surface area contributed by atoms with Gasteiger partial charge >= 0.3 is 19.8 Å². The van der Waals surface area contributed by atoms with E-state index in [1.165, 1.54) is 173 Å². The van der Waals surface area contributed by atoms with Gasteiger partial charge in [-0.1, -0.05) is 220 Å². The minimum atomic E-state index is -4.75. The number of phosphoric ester groups is 1.